The molecule has 2 aromatic carbocycles. The Balaban J connectivity index is 2.29. The molecule has 0 aromatic heterocycles. The van der Waals surface area contributed by atoms with E-state index in [0.29, 0.717) is 0 Å². The molecule has 12 heteroatoms. The Kier molecular flexibility index (Phi) is 8.90. The van der Waals surface area contributed by atoms with E-state index in [4.69, 9.17) is 13.5 Å². The van der Waals surface area contributed by atoms with Crippen molar-refractivity contribution in [3.63, 3.8) is 0 Å². The van der Waals surface area contributed by atoms with Crippen molar-refractivity contribution in [3.05, 3.63) is 59.7 Å². The first-order valence-corrected chi connectivity index (χ1v) is 12.3. The summed E-state index contributed by atoms with van der Waals surface area (Å²) < 4.78 is 60.0. The van der Waals surface area contributed by atoms with Crippen LogP contribution in [0.3, 0.4) is 0 Å². The van der Waals surface area contributed by atoms with E-state index in [1.165, 1.54) is 48.5 Å². The Labute approximate surface area is 186 Å². The number of benzene rings is 2. The van der Waals surface area contributed by atoms with Crippen LogP contribution in [-0.4, -0.2) is 74.9 Å². The van der Waals surface area contributed by atoms with Gasteiger partial charge in [-0.15, -0.1) is 0 Å². The van der Waals surface area contributed by atoms with Crippen LogP contribution >= 0.6 is 0 Å². The molecule has 2 aromatic rings. The van der Waals surface area contributed by atoms with Crippen molar-refractivity contribution in [2.75, 3.05) is 13.2 Å². The zero-order valence-corrected chi connectivity index (χ0v) is 19.0. The van der Waals surface area contributed by atoms with Crippen LogP contribution < -0.4 is 0 Å². The zero-order chi connectivity index (χ0) is 24.1. The Morgan fingerprint density at radius 1 is 0.750 bits per heavy atom. The van der Waals surface area contributed by atoms with Crippen molar-refractivity contribution in [3.8, 4) is 0 Å². The van der Waals surface area contributed by atoms with Crippen molar-refractivity contribution >= 4 is 20.2 Å². The second kappa shape index (κ2) is 10.8. The van der Waals surface area contributed by atoms with Gasteiger partial charge in [-0.25, -0.2) is 0 Å². The van der Waals surface area contributed by atoms with Gasteiger partial charge in [0.05, 0.1) is 23.0 Å². The number of hydrogen-bond donors (Lipinski definition) is 4. The first-order valence-electron chi connectivity index (χ1n) is 9.48. The first-order chi connectivity index (χ1) is 14.9. The molecule has 0 saturated carbocycles. The molecule has 0 saturated heterocycles. The van der Waals surface area contributed by atoms with E-state index in [1.54, 1.807) is 13.8 Å². The van der Waals surface area contributed by atoms with E-state index in [1.807, 2.05) is 0 Å². The van der Waals surface area contributed by atoms with Gasteiger partial charge in [0.15, 0.2) is 0 Å². The number of rotatable bonds is 11. The molecule has 4 N–H and O–H groups in total. The van der Waals surface area contributed by atoms with Gasteiger partial charge < -0.3 is 20.4 Å². The summed E-state index contributed by atoms with van der Waals surface area (Å²) in [5, 5.41) is 38.9. The van der Waals surface area contributed by atoms with Gasteiger partial charge >= 0.3 is 0 Å². The molecule has 0 aliphatic carbocycles. The molecule has 178 valence electrons. The number of hydrogen-bond acceptors (Lipinski definition) is 10. The standard InChI is InChI=1S/C20H26O10S2/c1-13-3-7-15(8-4-13)31(25,26)29-12-18(20(24)19(23)17(22)11-21)30-32(27,28)16-9-5-14(2)6-10-16/h3-10,17-24H,11-12H2,1-2H3. The van der Waals surface area contributed by atoms with Crippen molar-refractivity contribution in [2.45, 2.75) is 48.1 Å². The Morgan fingerprint density at radius 3 is 1.62 bits per heavy atom. The van der Waals surface area contributed by atoms with Crippen molar-refractivity contribution in [1.29, 1.82) is 0 Å². The van der Waals surface area contributed by atoms with Crippen molar-refractivity contribution < 1.29 is 45.6 Å². The summed E-state index contributed by atoms with van der Waals surface area (Å²) in [5.41, 5.74) is 1.57. The van der Waals surface area contributed by atoms with Crippen LogP contribution in [0.15, 0.2) is 58.3 Å². The lowest BCUT2D eigenvalue weighted by atomic mass is 10.0. The monoisotopic (exact) mass is 490 g/mol. The lowest BCUT2D eigenvalue weighted by Crippen LogP contribution is -2.49. The zero-order valence-electron chi connectivity index (χ0n) is 17.4. The SMILES string of the molecule is Cc1ccc(S(=O)(=O)OCC(OS(=O)(=O)c2ccc(C)cc2)C(O)C(O)C(O)CO)cc1. The molecule has 0 heterocycles. The van der Waals surface area contributed by atoms with Crippen LogP contribution in [0.1, 0.15) is 11.1 Å². The Bertz CT molecular complexity index is 1080. The summed E-state index contributed by atoms with van der Waals surface area (Å²) in [6, 6.07) is 11.1. The van der Waals surface area contributed by atoms with Crippen molar-refractivity contribution in [1.82, 2.24) is 0 Å². The third-order valence-electron chi connectivity index (χ3n) is 4.57. The maximum Gasteiger partial charge on any atom is 0.297 e. The van der Waals surface area contributed by atoms with Gasteiger partial charge in [0.25, 0.3) is 20.2 Å². The van der Waals surface area contributed by atoms with E-state index in [9.17, 15) is 32.2 Å². The summed E-state index contributed by atoms with van der Waals surface area (Å²) in [7, 11) is -8.88. The number of aliphatic hydroxyl groups excluding tert-OH is 4. The fraction of sp³-hybridized carbons (Fsp3) is 0.400. The van der Waals surface area contributed by atoms with Crippen LogP contribution in [0.25, 0.3) is 0 Å². The average molecular weight is 491 g/mol. The Hall–Kier alpha value is -1.90. The van der Waals surface area contributed by atoms with Crippen LogP contribution in [0.4, 0.5) is 0 Å². The molecule has 0 bridgehead atoms. The molecule has 0 aliphatic rings. The predicted molar refractivity (Wildman–Crippen MR) is 113 cm³/mol. The molecule has 0 spiro atoms. The molecular formula is C20H26O10S2. The average Bonchev–Trinajstić information content (AvgIpc) is 2.75. The minimum atomic E-state index is -4.52. The molecule has 0 aliphatic heterocycles. The van der Waals surface area contributed by atoms with Gasteiger partial charge in [-0.1, -0.05) is 35.4 Å². The number of aliphatic hydroxyl groups is 4. The second-order valence-electron chi connectivity index (χ2n) is 7.18. The predicted octanol–water partition coefficient (Wildman–Crippen LogP) is -0.142. The van der Waals surface area contributed by atoms with Gasteiger partial charge in [0, 0.05) is 0 Å². The second-order valence-corrected chi connectivity index (χ2v) is 10.4. The lowest BCUT2D eigenvalue weighted by molar-refractivity contribution is -0.114. The highest BCUT2D eigenvalue weighted by Crippen LogP contribution is 2.21. The maximum atomic E-state index is 12.6. The molecule has 2 rings (SSSR count). The van der Waals surface area contributed by atoms with Gasteiger partial charge in [-0.2, -0.15) is 16.8 Å². The third kappa shape index (κ3) is 6.80. The maximum absolute atomic E-state index is 12.6. The molecule has 4 atom stereocenters. The fourth-order valence-electron chi connectivity index (χ4n) is 2.59. The Morgan fingerprint density at radius 2 is 1.19 bits per heavy atom. The summed E-state index contributed by atoms with van der Waals surface area (Å²) in [5.74, 6) is 0. The highest BCUT2D eigenvalue weighted by molar-refractivity contribution is 7.87. The summed E-state index contributed by atoms with van der Waals surface area (Å²) in [4.78, 5) is -0.493. The fourth-order valence-corrected chi connectivity index (χ4v) is 4.59. The highest BCUT2D eigenvalue weighted by Gasteiger charge is 2.36. The minimum absolute atomic E-state index is 0.214. The van der Waals surface area contributed by atoms with Gasteiger partial charge in [-0.3, -0.25) is 8.37 Å². The van der Waals surface area contributed by atoms with Gasteiger partial charge in [-0.05, 0) is 38.1 Å². The van der Waals surface area contributed by atoms with Crippen LogP contribution in [0.2, 0.25) is 0 Å². The molecule has 0 fully saturated rings. The molecule has 32 heavy (non-hydrogen) atoms. The molecule has 10 nitrogen and oxygen atoms in total. The lowest BCUT2D eigenvalue weighted by Gasteiger charge is -2.28. The molecular weight excluding hydrogens is 464 g/mol. The summed E-state index contributed by atoms with van der Waals surface area (Å²) in [6.45, 7) is 1.54. The van der Waals surface area contributed by atoms with Crippen molar-refractivity contribution in [2.24, 2.45) is 0 Å². The highest BCUT2D eigenvalue weighted by atomic mass is 32.2. The smallest absolute Gasteiger partial charge is 0.297 e. The van der Waals surface area contributed by atoms with Gasteiger partial charge in [0.1, 0.15) is 24.4 Å². The van der Waals surface area contributed by atoms with E-state index in [-0.39, 0.29) is 9.79 Å². The molecule has 0 radical (unpaired) electrons. The van der Waals surface area contributed by atoms with Gasteiger partial charge in [0.2, 0.25) is 0 Å². The minimum Gasteiger partial charge on any atom is -0.394 e. The third-order valence-corrected chi connectivity index (χ3v) is 7.22. The summed E-state index contributed by atoms with van der Waals surface area (Å²) in [6.07, 6.45) is -7.95. The summed E-state index contributed by atoms with van der Waals surface area (Å²) >= 11 is 0. The van der Waals surface area contributed by atoms with E-state index >= 15 is 0 Å². The topological polar surface area (TPSA) is 168 Å². The van der Waals surface area contributed by atoms with E-state index in [0.717, 1.165) is 11.1 Å². The normalized spacial score (nSPS) is 16.3. The van der Waals surface area contributed by atoms with Crippen LogP contribution in [0.5, 0.6) is 0 Å². The quantitative estimate of drug-likeness (QED) is 0.311. The molecule has 0 amide bonds. The number of aryl methyl sites for hydroxylation is 2. The largest absolute Gasteiger partial charge is 0.394 e. The molecule has 4 unspecified atom stereocenters. The first kappa shape index (κ1) is 26.4. The van der Waals surface area contributed by atoms with Crippen LogP contribution in [0, 0.1) is 13.8 Å². The van der Waals surface area contributed by atoms with Crippen LogP contribution in [-0.2, 0) is 28.6 Å². The van der Waals surface area contributed by atoms with E-state index < -0.39 is 57.9 Å². The van der Waals surface area contributed by atoms with E-state index in [2.05, 4.69) is 0 Å².